The fraction of sp³-hybridized carbons (Fsp3) is 0.227. The summed E-state index contributed by atoms with van der Waals surface area (Å²) in [6.45, 7) is 4.61. The van der Waals surface area contributed by atoms with Crippen LogP contribution in [0.1, 0.15) is 61.3 Å². The molecule has 5 aromatic carbocycles. The second-order valence-corrected chi connectivity index (χ2v) is 13.8. The largest absolute Gasteiger partial charge is 0.457 e. The summed E-state index contributed by atoms with van der Waals surface area (Å²) in [6, 6.07) is 38.8. The Kier molecular flexibility index (Phi) is 12.3. The number of nitrogens with zero attached hydrogens (tertiary/aromatic N) is 2. The van der Waals surface area contributed by atoms with E-state index in [1.54, 1.807) is 6.07 Å². The monoisotopic (exact) mass is 792 g/mol. The molecule has 0 fully saturated rings. The van der Waals surface area contributed by atoms with Gasteiger partial charge in [0, 0.05) is 34.0 Å². The Morgan fingerprint density at radius 3 is 2.04 bits per heavy atom. The quantitative estimate of drug-likeness (QED) is 0.0916. The van der Waals surface area contributed by atoms with E-state index in [0.717, 1.165) is 74.0 Å². The fourth-order valence-electron chi connectivity index (χ4n) is 6.27. The molecule has 7 heteroatoms. The smallest absolute Gasteiger partial charge is 0.133 e. The van der Waals surface area contributed by atoms with Crippen molar-refractivity contribution in [2.45, 2.75) is 65.3 Å². The number of aromatic nitrogens is 2. The number of halogens is 2. The summed E-state index contributed by atoms with van der Waals surface area (Å²) < 4.78 is 30.5. The molecule has 0 amide bonds. The van der Waals surface area contributed by atoms with E-state index in [2.05, 4.69) is 47.1 Å². The molecule has 0 saturated heterocycles. The molecule has 260 valence electrons. The third-order valence-corrected chi connectivity index (χ3v) is 9.50. The summed E-state index contributed by atoms with van der Waals surface area (Å²) in [6.07, 6.45) is 4.39. The molecule has 6 rings (SSSR count). The number of carbonyl (C=O) groups is 1. The van der Waals surface area contributed by atoms with Gasteiger partial charge in [-0.3, -0.25) is 4.79 Å². The number of ether oxygens (including phenoxy) is 2. The lowest BCUT2D eigenvalue weighted by Gasteiger charge is -2.18. The van der Waals surface area contributed by atoms with Gasteiger partial charge in [0.15, 0.2) is 0 Å². The molecular formula is C44H42FIN2O3. The summed E-state index contributed by atoms with van der Waals surface area (Å²) in [5.74, 6) is 3.86. The summed E-state index contributed by atoms with van der Waals surface area (Å²) in [7, 11) is 0. The SMILES string of the molecule is CCCc1nc(CC)c(-c2ccc(Oc3ccccc3)cc2CCC(=O)CCc2cccc(Oc3ccccc3)c2)n1Cc1ccc(I)cc1F. The number of Topliss-reactive ketones (excluding diaryl/α,β-unsaturated/α-hetero) is 1. The summed E-state index contributed by atoms with van der Waals surface area (Å²) in [4.78, 5) is 18.5. The highest BCUT2D eigenvalue weighted by molar-refractivity contribution is 14.1. The highest BCUT2D eigenvalue weighted by atomic mass is 127. The molecule has 0 aliphatic rings. The van der Waals surface area contributed by atoms with E-state index in [9.17, 15) is 4.79 Å². The number of carbonyl (C=O) groups excluding carboxylic acids is 1. The molecule has 1 aromatic heterocycles. The van der Waals surface area contributed by atoms with Gasteiger partial charge < -0.3 is 14.0 Å². The molecule has 0 spiro atoms. The molecule has 0 atom stereocenters. The van der Waals surface area contributed by atoms with E-state index in [-0.39, 0.29) is 11.6 Å². The van der Waals surface area contributed by atoms with E-state index in [1.807, 2.05) is 109 Å². The minimum Gasteiger partial charge on any atom is -0.457 e. The Bertz CT molecular complexity index is 2080. The van der Waals surface area contributed by atoms with Crippen LogP contribution < -0.4 is 9.47 Å². The lowest BCUT2D eigenvalue weighted by atomic mass is 9.95. The average Bonchev–Trinajstić information content (AvgIpc) is 3.48. The van der Waals surface area contributed by atoms with Gasteiger partial charge in [-0.05, 0) is 126 Å². The van der Waals surface area contributed by atoms with E-state index in [0.29, 0.717) is 43.5 Å². The molecule has 0 bridgehead atoms. The predicted octanol–water partition coefficient (Wildman–Crippen LogP) is 11.6. The third kappa shape index (κ3) is 9.52. The number of imidazole rings is 1. The molecule has 0 aliphatic heterocycles. The summed E-state index contributed by atoms with van der Waals surface area (Å²) in [5.41, 5.74) is 5.60. The van der Waals surface area contributed by atoms with Crippen molar-refractivity contribution in [1.29, 1.82) is 0 Å². The van der Waals surface area contributed by atoms with Gasteiger partial charge in [0.05, 0.1) is 17.9 Å². The topological polar surface area (TPSA) is 53.4 Å². The number of hydrogen-bond acceptors (Lipinski definition) is 4. The van der Waals surface area contributed by atoms with Crippen LogP contribution in [0.5, 0.6) is 23.0 Å². The van der Waals surface area contributed by atoms with Crippen molar-refractivity contribution in [3.05, 3.63) is 159 Å². The van der Waals surface area contributed by atoms with Crippen LogP contribution in [0.25, 0.3) is 11.3 Å². The number of aryl methyl sites for hydroxylation is 4. The molecule has 51 heavy (non-hydrogen) atoms. The first-order valence-electron chi connectivity index (χ1n) is 17.6. The summed E-state index contributed by atoms with van der Waals surface area (Å²) >= 11 is 2.14. The highest BCUT2D eigenvalue weighted by Gasteiger charge is 2.22. The number of rotatable bonds is 16. The lowest BCUT2D eigenvalue weighted by Crippen LogP contribution is -2.10. The molecule has 0 saturated carbocycles. The van der Waals surface area contributed by atoms with Crippen LogP contribution in [0.2, 0.25) is 0 Å². The fourth-order valence-corrected chi connectivity index (χ4v) is 6.73. The number of benzene rings is 5. The molecular weight excluding hydrogens is 750 g/mol. The van der Waals surface area contributed by atoms with Crippen LogP contribution in [-0.4, -0.2) is 15.3 Å². The standard InChI is InChI=1S/C44H42FIN2O3/c1-3-12-43-47-42(4-2)44(48(43)30-33-20-22-34(46)29-41(33)45)40-26-25-39(51-37-16-9-6-10-17-37)28-32(40)21-24-35(49)23-19-31-13-11-18-38(27-31)50-36-14-7-5-8-15-36/h5-11,13-18,20,22,25-29H,3-4,12,19,21,23-24,30H2,1-2H3. The highest BCUT2D eigenvalue weighted by Crippen LogP contribution is 2.35. The van der Waals surface area contributed by atoms with Crippen LogP contribution in [0.3, 0.4) is 0 Å². The Morgan fingerprint density at radius 2 is 1.37 bits per heavy atom. The van der Waals surface area contributed by atoms with Gasteiger partial charge in [-0.2, -0.15) is 0 Å². The number of para-hydroxylation sites is 2. The second-order valence-electron chi connectivity index (χ2n) is 12.6. The molecule has 1 heterocycles. The van der Waals surface area contributed by atoms with Crippen LogP contribution in [0, 0.1) is 9.39 Å². The molecule has 0 unspecified atom stereocenters. The zero-order chi connectivity index (χ0) is 35.6. The van der Waals surface area contributed by atoms with Crippen molar-refractivity contribution < 1.29 is 18.7 Å². The molecule has 0 aliphatic carbocycles. The minimum absolute atomic E-state index is 0.182. The van der Waals surface area contributed by atoms with Gasteiger partial charge in [0.25, 0.3) is 0 Å². The van der Waals surface area contributed by atoms with Gasteiger partial charge in [0.2, 0.25) is 0 Å². The van der Waals surface area contributed by atoms with Crippen molar-refractivity contribution in [3.8, 4) is 34.3 Å². The second kappa shape index (κ2) is 17.4. The maximum Gasteiger partial charge on any atom is 0.133 e. The Balaban J connectivity index is 1.27. The van der Waals surface area contributed by atoms with Gasteiger partial charge in [0.1, 0.15) is 40.4 Å². The van der Waals surface area contributed by atoms with Crippen LogP contribution in [-0.2, 0) is 37.0 Å². The van der Waals surface area contributed by atoms with E-state index in [1.165, 1.54) is 0 Å². The first-order valence-corrected chi connectivity index (χ1v) is 18.7. The van der Waals surface area contributed by atoms with Crippen LogP contribution >= 0.6 is 22.6 Å². The van der Waals surface area contributed by atoms with Gasteiger partial charge in [-0.1, -0.05) is 68.4 Å². The molecule has 5 nitrogen and oxygen atoms in total. The maximum atomic E-state index is 15.2. The van der Waals surface area contributed by atoms with Crippen molar-refractivity contribution in [2.24, 2.45) is 0 Å². The Hall–Kier alpha value is -4.76. The third-order valence-electron chi connectivity index (χ3n) is 8.82. The molecule has 0 N–H and O–H groups in total. The van der Waals surface area contributed by atoms with E-state index < -0.39 is 0 Å². The van der Waals surface area contributed by atoms with Crippen LogP contribution in [0.15, 0.2) is 121 Å². The van der Waals surface area contributed by atoms with Gasteiger partial charge >= 0.3 is 0 Å². The van der Waals surface area contributed by atoms with E-state index >= 15 is 4.39 Å². The molecule has 6 aromatic rings. The normalized spacial score (nSPS) is 11.1. The first-order chi connectivity index (χ1) is 24.9. The zero-order valence-electron chi connectivity index (χ0n) is 29.1. The first kappa shape index (κ1) is 36.0. The predicted molar refractivity (Wildman–Crippen MR) is 210 cm³/mol. The van der Waals surface area contributed by atoms with Crippen molar-refractivity contribution in [1.82, 2.24) is 9.55 Å². The number of ketones is 1. The summed E-state index contributed by atoms with van der Waals surface area (Å²) in [5, 5.41) is 0. The average molecular weight is 793 g/mol. The van der Waals surface area contributed by atoms with Crippen molar-refractivity contribution in [2.75, 3.05) is 0 Å². The minimum atomic E-state index is -0.225. The lowest BCUT2D eigenvalue weighted by molar-refractivity contribution is -0.119. The zero-order valence-corrected chi connectivity index (χ0v) is 31.2. The number of hydrogen-bond donors (Lipinski definition) is 0. The van der Waals surface area contributed by atoms with E-state index in [4.69, 9.17) is 14.5 Å². The Labute approximate surface area is 313 Å². The maximum absolute atomic E-state index is 15.2. The van der Waals surface area contributed by atoms with Crippen molar-refractivity contribution in [3.63, 3.8) is 0 Å². The van der Waals surface area contributed by atoms with Crippen LogP contribution in [0.4, 0.5) is 4.39 Å². The Morgan fingerprint density at radius 1 is 0.706 bits per heavy atom. The molecule has 0 radical (unpaired) electrons. The van der Waals surface area contributed by atoms with Gasteiger partial charge in [-0.25, -0.2) is 9.37 Å². The van der Waals surface area contributed by atoms with Crippen molar-refractivity contribution >= 4 is 28.4 Å². The van der Waals surface area contributed by atoms with Gasteiger partial charge in [-0.15, -0.1) is 0 Å².